The number of methoxy groups -OCH3 is 1. The molecule has 2 rings (SSSR count). The standard InChI is InChI=1S/C16H22N2O4/c1-21-13-7-6-11(8-9-18-16(20)15(17)19)10-14(13)22-12-4-2-3-5-12/h6-7,10,12H,2-5,8-9H2,1H3,(H2,17,19)(H,18,20). The lowest BCUT2D eigenvalue weighted by Gasteiger charge is -2.17. The Morgan fingerprint density at radius 1 is 1.27 bits per heavy atom. The summed E-state index contributed by atoms with van der Waals surface area (Å²) in [6.07, 6.45) is 5.38. The number of amides is 2. The minimum atomic E-state index is -0.972. The molecular weight excluding hydrogens is 284 g/mol. The number of hydrogen-bond acceptors (Lipinski definition) is 4. The first kappa shape index (κ1) is 16.1. The molecule has 1 aliphatic rings. The van der Waals surface area contributed by atoms with Crippen LogP contribution in [0.3, 0.4) is 0 Å². The summed E-state index contributed by atoms with van der Waals surface area (Å²) >= 11 is 0. The smallest absolute Gasteiger partial charge is 0.309 e. The maximum Gasteiger partial charge on any atom is 0.309 e. The van der Waals surface area contributed by atoms with Gasteiger partial charge in [-0.25, -0.2) is 0 Å². The fraction of sp³-hybridized carbons (Fsp3) is 0.500. The van der Waals surface area contributed by atoms with Crippen LogP contribution in [0.5, 0.6) is 11.5 Å². The van der Waals surface area contributed by atoms with Crippen molar-refractivity contribution < 1.29 is 19.1 Å². The molecule has 0 unspecified atom stereocenters. The Labute approximate surface area is 130 Å². The Hall–Kier alpha value is -2.24. The minimum Gasteiger partial charge on any atom is -0.493 e. The summed E-state index contributed by atoms with van der Waals surface area (Å²) in [6.45, 7) is 0.344. The Morgan fingerprint density at radius 3 is 2.64 bits per heavy atom. The Bertz CT molecular complexity index is 539. The van der Waals surface area contributed by atoms with Gasteiger partial charge in [0, 0.05) is 6.54 Å². The van der Waals surface area contributed by atoms with Gasteiger partial charge < -0.3 is 20.5 Å². The number of ether oxygens (including phenoxy) is 2. The number of benzene rings is 1. The average Bonchev–Trinajstić information content (AvgIpc) is 3.00. The normalized spacial score (nSPS) is 14.6. The number of rotatable bonds is 6. The van der Waals surface area contributed by atoms with Crippen LogP contribution in [0.25, 0.3) is 0 Å². The van der Waals surface area contributed by atoms with E-state index in [0.717, 1.165) is 24.2 Å². The van der Waals surface area contributed by atoms with Crippen LogP contribution in [0, 0.1) is 0 Å². The molecule has 1 fully saturated rings. The van der Waals surface area contributed by atoms with E-state index in [4.69, 9.17) is 15.2 Å². The quantitative estimate of drug-likeness (QED) is 0.772. The summed E-state index contributed by atoms with van der Waals surface area (Å²) in [5, 5.41) is 2.47. The Kier molecular flexibility index (Phi) is 5.63. The van der Waals surface area contributed by atoms with Gasteiger partial charge in [0.15, 0.2) is 11.5 Å². The highest BCUT2D eigenvalue weighted by Crippen LogP contribution is 2.32. The molecule has 0 spiro atoms. The maximum absolute atomic E-state index is 11.1. The van der Waals surface area contributed by atoms with Crippen molar-refractivity contribution in [2.45, 2.75) is 38.2 Å². The van der Waals surface area contributed by atoms with Crippen molar-refractivity contribution in [1.82, 2.24) is 5.32 Å². The van der Waals surface area contributed by atoms with Crippen molar-refractivity contribution in [2.75, 3.05) is 13.7 Å². The van der Waals surface area contributed by atoms with Crippen LogP contribution in [0.2, 0.25) is 0 Å². The van der Waals surface area contributed by atoms with E-state index in [1.807, 2.05) is 18.2 Å². The fourth-order valence-corrected chi connectivity index (χ4v) is 2.56. The summed E-state index contributed by atoms with van der Waals surface area (Å²) in [5.74, 6) is -0.305. The first-order chi connectivity index (χ1) is 10.6. The molecule has 0 radical (unpaired) electrons. The molecule has 0 heterocycles. The van der Waals surface area contributed by atoms with Gasteiger partial charge >= 0.3 is 11.8 Å². The van der Waals surface area contributed by atoms with Crippen LogP contribution in [-0.2, 0) is 16.0 Å². The van der Waals surface area contributed by atoms with Crippen molar-refractivity contribution in [3.05, 3.63) is 23.8 Å². The van der Waals surface area contributed by atoms with E-state index < -0.39 is 11.8 Å². The first-order valence-electron chi connectivity index (χ1n) is 7.51. The molecule has 22 heavy (non-hydrogen) atoms. The van der Waals surface area contributed by atoms with E-state index in [1.165, 1.54) is 12.8 Å². The molecule has 0 aliphatic heterocycles. The van der Waals surface area contributed by atoms with Crippen LogP contribution >= 0.6 is 0 Å². The molecule has 0 saturated heterocycles. The zero-order valence-corrected chi connectivity index (χ0v) is 12.8. The lowest BCUT2D eigenvalue weighted by molar-refractivity contribution is -0.137. The van der Waals surface area contributed by atoms with Gasteiger partial charge in [0.05, 0.1) is 13.2 Å². The van der Waals surface area contributed by atoms with Gasteiger partial charge in [0.1, 0.15) is 0 Å². The van der Waals surface area contributed by atoms with E-state index in [0.29, 0.717) is 18.7 Å². The highest BCUT2D eigenvalue weighted by Gasteiger charge is 2.18. The maximum atomic E-state index is 11.1. The van der Waals surface area contributed by atoms with Gasteiger partial charge in [-0.15, -0.1) is 0 Å². The number of carbonyl (C=O) groups excluding carboxylic acids is 2. The Morgan fingerprint density at radius 2 is 2.00 bits per heavy atom. The molecule has 6 heteroatoms. The minimum absolute atomic E-state index is 0.249. The lowest BCUT2D eigenvalue weighted by atomic mass is 10.1. The second-order valence-electron chi connectivity index (χ2n) is 5.38. The molecule has 1 saturated carbocycles. The molecule has 0 aromatic heterocycles. The van der Waals surface area contributed by atoms with Gasteiger partial charge in [0.25, 0.3) is 0 Å². The average molecular weight is 306 g/mol. The number of nitrogens with two attached hydrogens (primary N) is 1. The summed E-state index contributed by atoms with van der Waals surface area (Å²) in [7, 11) is 1.61. The summed E-state index contributed by atoms with van der Waals surface area (Å²) in [5.41, 5.74) is 5.88. The second-order valence-corrected chi connectivity index (χ2v) is 5.38. The van der Waals surface area contributed by atoms with E-state index in [1.54, 1.807) is 7.11 Å². The largest absolute Gasteiger partial charge is 0.493 e. The lowest BCUT2D eigenvalue weighted by Crippen LogP contribution is -2.37. The number of nitrogens with one attached hydrogen (secondary N) is 1. The molecule has 0 atom stereocenters. The zero-order chi connectivity index (χ0) is 15.9. The second kappa shape index (κ2) is 7.68. The third kappa shape index (κ3) is 4.38. The molecule has 3 N–H and O–H groups in total. The molecule has 1 aliphatic carbocycles. The van der Waals surface area contributed by atoms with Crippen molar-refractivity contribution in [3.8, 4) is 11.5 Å². The third-order valence-corrected chi connectivity index (χ3v) is 3.75. The molecule has 6 nitrogen and oxygen atoms in total. The highest BCUT2D eigenvalue weighted by molar-refractivity contribution is 6.34. The van der Waals surface area contributed by atoms with Crippen molar-refractivity contribution in [1.29, 1.82) is 0 Å². The third-order valence-electron chi connectivity index (χ3n) is 3.75. The van der Waals surface area contributed by atoms with E-state index in [9.17, 15) is 9.59 Å². The van der Waals surface area contributed by atoms with Gasteiger partial charge in [-0.3, -0.25) is 9.59 Å². The van der Waals surface area contributed by atoms with Crippen LogP contribution in [0.1, 0.15) is 31.2 Å². The number of primary amides is 1. The summed E-state index contributed by atoms with van der Waals surface area (Å²) in [4.78, 5) is 21.7. The molecule has 1 aromatic rings. The van der Waals surface area contributed by atoms with Crippen LogP contribution < -0.4 is 20.5 Å². The van der Waals surface area contributed by atoms with Crippen molar-refractivity contribution in [3.63, 3.8) is 0 Å². The monoisotopic (exact) mass is 306 g/mol. The number of hydrogen-bond donors (Lipinski definition) is 2. The summed E-state index contributed by atoms with van der Waals surface area (Å²) in [6, 6.07) is 5.69. The van der Waals surface area contributed by atoms with Gasteiger partial charge in [-0.1, -0.05) is 6.07 Å². The predicted molar refractivity (Wildman–Crippen MR) is 81.8 cm³/mol. The number of carbonyl (C=O) groups is 2. The molecule has 0 bridgehead atoms. The van der Waals surface area contributed by atoms with E-state index in [2.05, 4.69) is 5.32 Å². The zero-order valence-electron chi connectivity index (χ0n) is 12.8. The van der Waals surface area contributed by atoms with Gasteiger partial charge in [-0.2, -0.15) is 0 Å². The van der Waals surface area contributed by atoms with Crippen LogP contribution in [0.15, 0.2) is 18.2 Å². The Balaban J connectivity index is 1.96. The molecular formula is C16H22N2O4. The van der Waals surface area contributed by atoms with Gasteiger partial charge in [0.2, 0.25) is 0 Å². The van der Waals surface area contributed by atoms with Crippen molar-refractivity contribution in [2.24, 2.45) is 5.73 Å². The van der Waals surface area contributed by atoms with Crippen molar-refractivity contribution >= 4 is 11.8 Å². The topological polar surface area (TPSA) is 90.6 Å². The summed E-state index contributed by atoms with van der Waals surface area (Å²) < 4.78 is 11.3. The van der Waals surface area contributed by atoms with E-state index in [-0.39, 0.29) is 6.10 Å². The first-order valence-corrected chi connectivity index (χ1v) is 7.51. The molecule has 1 aromatic carbocycles. The molecule has 2 amide bonds. The highest BCUT2D eigenvalue weighted by atomic mass is 16.5. The predicted octanol–water partition coefficient (Wildman–Crippen LogP) is 1.16. The van der Waals surface area contributed by atoms with E-state index >= 15 is 0 Å². The van der Waals surface area contributed by atoms with Crippen LogP contribution in [0.4, 0.5) is 0 Å². The van der Waals surface area contributed by atoms with Crippen LogP contribution in [-0.4, -0.2) is 31.6 Å². The fourth-order valence-electron chi connectivity index (χ4n) is 2.56. The SMILES string of the molecule is COc1ccc(CCNC(=O)C(N)=O)cc1OC1CCCC1. The van der Waals surface area contributed by atoms with Gasteiger partial charge in [-0.05, 0) is 49.8 Å². The molecule has 120 valence electrons.